The van der Waals surface area contributed by atoms with Crippen LogP contribution in [-0.4, -0.2) is 5.78 Å². The maximum absolute atomic E-state index is 12.2. The molecule has 88 valence electrons. The Labute approximate surface area is 117 Å². The Kier molecular flexibility index (Phi) is 3.56. The van der Waals surface area contributed by atoms with E-state index < -0.39 is 0 Å². The SMILES string of the molecule is Cc1ccc(C(=O)c2cc(Cl)c(Br)s2)cc1N. The second-order valence-corrected chi connectivity index (χ2v) is 6.41. The number of benzene rings is 1. The molecule has 0 spiro atoms. The van der Waals surface area contributed by atoms with Crippen molar-refractivity contribution in [2.75, 3.05) is 5.73 Å². The highest BCUT2D eigenvalue weighted by molar-refractivity contribution is 9.11. The highest BCUT2D eigenvalue weighted by Crippen LogP contribution is 2.33. The molecule has 0 aliphatic rings. The number of anilines is 1. The lowest BCUT2D eigenvalue weighted by Crippen LogP contribution is -2.00. The third-order valence-electron chi connectivity index (χ3n) is 2.41. The van der Waals surface area contributed by atoms with Crippen molar-refractivity contribution >= 4 is 50.3 Å². The minimum absolute atomic E-state index is 0.0608. The second-order valence-electron chi connectivity index (χ2n) is 3.63. The van der Waals surface area contributed by atoms with Crippen LogP contribution >= 0.6 is 38.9 Å². The number of nitrogen functional groups attached to an aromatic ring is 1. The minimum atomic E-state index is -0.0608. The summed E-state index contributed by atoms with van der Waals surface area (Å²) < 4.78 is 0.766. The van der Waals surface area contributed by atoms with Crippen molar-refractivity contribution in [1.82, 2.24) is 0 Å². The van der Waals surface area contributed by atoms with Gasteiger partial charge in [-0.2, -0.15) is 0 Å². The van der Waals surface area contributed by atoms with Gasteiger partial charge in [0.05, 0.1) is 13.7 Å². The van der Waals surface area contributed by atoms with Crippen LogP contribution in [0.5, 0.6) is 0 Å². The molecule has 1 aromatic carbocycles. The van der Waals surface area contributed by atoms with Gasteiger partial charge in [-0.1, -0.05) is 23.7 Å². The Morgan fingerprint density at radius 2 is 2.12 bits per heavy atom. The first kappa shape index (κ1) is 12.6. The predicted molar refractivity (Wildman–Crippen MR) is 76.1 cm³/mol. The van der Waals surface area contributed by atoms with E-state index in [1.807, 2.05) is 13.0 Å². The number of carbonyl (C=O) groups excluding carboxylic acids is 1. The summed E-state index contributed by atoms with van der Waals surface area (Å²) in [6.07, 6.45) is 0. The van der Waals surface area contributed by atoms with Crippen LogP contribution in [0.3, 0.4) is 0 Å². The Morgan fingerprint density at radius 1 is 1.41 bits per heavy atom. The van der Waals surface area contributed by atoms with Crippen molar-refractivity contribution in [3.8, 4) is 0 Å². The van der Waals surface area contributed by atoms with E-state index in [4.69, 9.17) is 17.3 Å². The zero-order valence-electron chi connectivity index (χ0n) is 8.96. The molecular formula is C12H9BrClNOS. The molecule has 0 radical (unpaired) electrons. The topological polar surface area (TPSA) is 43.1 Å². The van der Waals surface area contributed by atoms with Crippen LogP contribution in [0.15, 0.2) is 28.1 Å². The fraction of sp³-hybridized carbons (Fsp3) is 0.0833. The molecule has 1 heterocycles. The molecule has 0 unspecified atom stereocenters. The number of nitrogens with two attached hydrogens (primary N) is 1. The largest absolute Gasteiger partial charge is 0.398 e. The fourth-order valence-corrected chi connectivity index (χ4v) is 3.05. The summed E-state index contributed by atoms with van der Waals surface area (Å²) in [4.78, 5) is 12.8. The molecule has 17 heavy (non-hydrogen) atoms. The van der Waals surface area contributed by atoms with E-state index in [1.54, 1.807) is 18.2 Å². The first-order valence-corrected chi connectivity index (χ1v) is 6.83. The van der Waals surface area contributed by atoms with Crippen molar-refractivity contribution < 1.29 is 4.79 Å². The van der Waals surface area contributed by atoms with Gasteiger partial charge in [0, 0.05) is 11.3 Å². The number of carbonyl (C=O) groups is 1. The Morgan fingerprint density at radius 3 is 2.65 bits per heavy atom. The summed E-state index contributed by atoms with van der Waals surface area (Å²) in [5.41, 5.74) is 7.96. The summed E-state index contributed by atoms with van der Waals surface area (Å²) in [6, 6.07) is 6.97. The second kappa shape index (κ2) is 4.80. The zero-order valence-corrected chi connectivity index (χ0v) is 12.1. The molecule has 2 nitrogen and oxygen atoms in total. The van der Waals surface area contributed by atoms with Crippen LogP contribution in [0, 0.1) is 6.92 Å². The molecule has 0 aliphatic heterocycles. The number of ketones is 1. The van der Waals surface area contributed by atoms with E-state index in [2.05, 4.69) is 15.9 Å². The third kappa shape index (κ3) is 2.54. The molecule has 0 atom stereocenters. The van der Waals surface area contributed by atoms with Crippen LogP contribution in [0.2, 0.25) is 5.02 Å². The molecular weight excluding hydrogens is 322 g/mol. The van der Waals surface area contributed by atoms with Crippen molar-refractivity contribution in [3.63, 3.8) is 0 Å². The normalized spacial score (nSPS) is 10.5. The van der Waals surface area contributed by atoms with E-state index in [0.717, 1.165) is 9.35 Å². The van der Waals surface area contributed by atoms with Crippen LogP contribution in [0.25, 0.3) is 0 Å². The van der Waals surface area contributed by atoms with Crippen LogP contribution in [-0.2, 0) is 0 Å². The highest BCUT2D eigenvalue weighted by Gasteiger charge is 2.14. The van der Waals surface area contributed by atoms with Gasteiger partial charge < -0.3 is 5.73 Å². The highest BCUT2D eigenvalue weighted by atomic mass is 79.9. The molecule has 2 N–H and O–H groups in total. The van der Waals surface area contributed by atoms with Crippen LogP contribution in [0.1, 0.15) is 20.8 Å². The van der Waals surface area contributed by atoms with E-state index in [9.17, 15) is 4.79 Å². The molecule has 0 bridgehead atoms. The maximum atomic E-state index is 12.2. The molecule has 5 heteroatoms. The molecule has 0 saturated carbocycles. The Balaban J connectivity index is 2.40. The van der Waals surface area contributed by atoms with Crippen LogP contribution in [0.4, 0.5) is 5.69 Å². The first-order chi connectivity index (χ1) is 7.99. The molecule has 1 aromatic heterocycles. The summed E-state index contributed by atoms with van der Waals surface area (Å²) >= 11 is 10.5. The number of rotatable bonds is 2. The first-order valence-electron chi connectivity index (χ1n) is 4.84. The van der Waals surface area contributed by atoms with E-state index in [0.29, 0.717) is 21.2 Å². The fourth-order valence-electron chi connectivity index (χ4n) is 1.38. The molecule has 2 aromatic rings. The summed E-state index contributed by atoms with van der Waals surface area (Å²) in [6.45, 7) is 1.90. The number of hydrogen-bond donors (Lipinski definition) is 1. The lowest BCUT2D eigenvalue weighted by atomic mass is 10.1. The van der Waals surface area contributed by atoms with E-state index >= 15 is 0 Å². The number of hydrogen-bond acceptors (Lipinski definition) is 3. The molecule has 2 rings (SSSR count). The van der Waals surface area contributed by atoms with Gasteiger partial charge in [0.1, 0.15) is 0 Å². The minimum Gasteiger partial charge on any atom is -0.398 e. The van der Waals surface area contributed by atoms with Crippen molar-refractivity contribution in [2.45, 2.75) is 6.92 Å². The average Bonchev–Trinajstić information content (AvgIpc) is 2.62. The predicted octanol–water partition coefficient (Wildman–Crippen LogP) is 4.29. The lowest BCUT2D eigenvalue weighted by molar-refractivity contribution is 0.104. The molecule has 0 saturated heterocycles. The number of aryl methyl sites for hydroxylation is 1. The van der Waals surface area contributed by atoms with Crippen molar-refractivity contribution in [2.24, 2.45) is 0 Å². The van der Waals surface area contributed by atoms with Gasteiger partial charge in [0.15, 0.2) is 0 Å². The van der Waals surface area contributed by atoms with Gasteiger partial charge in [-0.15, -0.1) is 11.3 Å². The van der Waals surface area contributed by atoms with Gasteiger partial charge in [0.2, 0.25) is 5.78 Å². The van der Waals surface area contributed by atoms with Gasteiger partial charge >= 0.3 is 0 Å². The summed E-state index contributed by atoms with van der Waals surface area (Å²) in [5.74, 6) is -0.0608. The molecule has 0 fully saturated rings. The lowest BCUT2D eigenvalue weighted by Gasteiger charge is -2.02. The third-order valence-corrected chi connectivity index (χ3v) is 4.88. The van der Waals surface area contributed by atoms with Gasteiger partial charge in [-0.05, 0) is 40.5 Å². The van der Waals surface area contributed by atoms with Crippen molar-refractivity contribution in [3.05, 3.63) is 49.1 Å². The standard InChI is InChI=1S/C12H9BrClNOS/c1-6-2-3-7(4-9(6)15)11(16)10-5-8(14)12(13)17-10/h2-5H,15H2,1H3. The van der Waals surface area contributed by atoms with E-state index in [1.165, 1.54) is 11.3 Å². The van der Waals surface area contributed by atoms with E-state index in [-0.39, 0.29) is 5.78 Å². The molecule has 0 aliphatic carbocycles. The van der Waals surface area contributed by atoms with Crippen LogP contribution < -0.4 is 5.73 Å². The van der Waals surface area contributed by atoms with Gasteiger partial charge in [0.25, 0.3) is 0 Å². The number of thiophene rings is 1. The van der Waals surface area contributed by atoms with Crippen molar-refractivity contribution in [1.29, 1.82) is 0 Å². The average molecular weight is 331 g/mol. The monoisotopic (exact) mass is 329 g/mol. The smallest absolute Gasteiger partial charge is 0.203 e. The van der Waals surface area contributed by atoms with Gasteiger partial charge in [-0.3, -0.25) is 4.79 Å². The Hall–Kier alpha value is -0.840. The van der Waals surface area contributed by atoms with Gasteiger partial charge in [-0.25, -0.2) is 0 Å². The quantitative estimate of drug-likeness (QED) is 0.659. The summed E-state index contributed by atoms with van der Waals surface area (Å²) in [7, 11) is 0. The maximum Gasteiger partial charge on any atom is 0.203 e. The zero-order chi connectivity index (χ0) is 12.6. The Bertz CT molecular complexity index is 575. The summed E-state index contributed by atoms with van der Waals surface area (Å²) in [5, 5.41) is 0.554. The molecule has 0 amide bonds. The number of halogens is 2.